The smallest absolute Gasteiger partial charge is 0.419 e. The molecule has 6 nitrogen and oxygen atoms in total. The number of nitrogens with zero attached hydrogens (tertiary/aromatic N) is 2. The monoisotopic (exact) mass is 465 g/mol. The predicted octanol–water partition coefficient (Wildman–Crippen LogP) is 4.55. The van der Waals surface area contributed by atoms with E-state index in [0.29, 0.717) is 10.9 Å². The molecule has 0 spiro atoms. The molecule has 3 N–H and O–H groups in total. The van der Waals surface area contributed by atoms with Gasteiger partial charge in [0.25, 0.3) is 5.56 Å². The maximum atomic E-state index is 14.2. The molecule has 2 atom stereocenters. The van der Waals surface area contributed by atoms with Crippen molar-refractivity contribution in [3.05, 3.63) is 69.1 Å². The second-order valence-electron chi connectivity index (χ2n) is 7.72. The number of alkyl halides is 3. The lowest BCUT2D eigenvalue weighted by Gasteiger charge is -2.44. The first-order valence-corrected chi connectivity index (χ1v) is 10.0. The van der Waals surface area contributed by atoms with Gasteiger partial charge < -0.3 is 15.5 Å². The Bertz CT molecular complexity index is 1320. The van der Waals surface area contributed by atoms with Gasteiger partial charge in [-0.3, -0.25) is 4.79 Å². The number of rotatable bonds is 2. The molecular formula is C22H19ClF3N3O3. The minimum absolute atomic E-state index is 0.0702. The molecule has 0 aliphatic heterocycles. The van der Waals surface area contributed by atoms with E-state index in [1.807, 2.05) is 0 Å². The molecule has 0 bridgehead atoms. The SMILES string of the molecule is C/C=C1\CC(O)(C(F)(F)F)C(Nc2cccc3c(=O)n(C)ncc23)c2cc(Cl)c(O)cc21. The number of nitrogens with one attached hydrogen (secondary N) is 1. The quantitative estimate of drug-likeness (QED) is 0.517. The summed E-state index contributed by atoms with van der Waals surface area (Å²) in [6.07, 6.45) is -2.90. The van der Waals surface area contributed by atoms with Crippen LogP contribution in [0.3, 0.4) is 0 Å². The highest BCUT2D eigenvalue weighted by Gasteiger charge is 2.61. The van der Waals surface area contributed by atoms with Crippen molar-refractivity contribution in [1.82, 2.24) is 9.78 Å². The molecule has 0 amide bonds. The molecule has 2 unspecified atom stereocenters. The Morgan fingerprint density at radius 1 is 1.31 bits per heavy atom. The fourth-order valence-corrected chi connectivity index (χ4v) is 4.27. The standard InChI is InChI=1S/C22H19ClF3N3O3/c1-3-11-9-21(32,22(24,25)26)19(14-7-16(23)18(30)8-13(11)14)28-17-6-4-5-12-15(17)10-27-29(2)20(12)31/h3-8,10,19,28,30,32H,9H2,1-2H3/b11-3+. The van der Waals surface area contributed by atoms with E-state index < -0.39 is 29.8 Å². The van der Waals surface area contributed by atoms with E-state index in [1.165, 1.54) is 43.6 Å². The zero-order chi connectivity index (χ0) is 23.4. The summed E-state index contributed by atoms with van der Waals surface area (Å²) < 4.78 is 43.8. The lowest BCUT2D eigenvalue weighted by molar-refractivity contribution is -0.265. The fourth-order valence-electron chi connectivity index (χ4n) is 4.10. The van der Waals surface area contributed by atoms with Crippen LogP contribution in [0.25, 0.3) is 16.3 Å². The first kappa shape index (κ1) is 22.2. The van der Waals surface area contributed by atoms with Crippen LogP contribution in [0, 0.1) is 0 Å². The molecule has 0 saturated carbocycles. The van der Waals surface area contributed by atoms with E-state index in [-0.39, 0.29) is 33.0 Å². The second-order valence-corrected chi connectivity index (χ2v) is 8.13. The molecule has 1 aromatic heterocycles. The van der Waals surface area contributed by atoms with Crippen LogP contribution in [0.1, 0.15) is 30.5 Å². The van der Waals surface area contributed by atoms with E-state index in [0.717, 1.165) is 4.68 Å². The van der Waals surface area contributed by atoms with Crippen LogP contribution >= 0.6 is 11.6 Å². The second kappa shape index (κ2) is 7.53. The number of benzene rings is 2. The van der Waals surface area contributed by atoms with Crippen LogP contribution in [0.15, 0.2) is 47.4 Å². The largest absolute Gasteiger partial charge is 0.506 e. The molecule has 3 aromatic rings. The summed E-state index contributed by atoms with van der Waals surface area (Å²) >= 11 is 6.03. The number of halogens is 4. The van der Waals surface area contributed by atoms with Crippen molar-refractivity contribution in [3.8, 4) is 5.75 Å². The number of aryl methyl sites for hydroxylation is 1. The number of hydrogen-bond donors (Lipinski definition) is 3. The Morgan fingerprint density at radius 2 is 2.03 bits per heavy atom. The lowest BCUT2D eigenvalue weighted by Crippen LogP contribution is -2.54. The molecule has 32 heavy (non-hydrogen) atoms. The van der Waals surface area contributed by atoms with Crippen LogP contribution < -0.4 is 10.9 Å². The molecule has 168 valence electrons. The van der Waals surface area contributed by atoms with E-state index in [1.54, 1.807) is 13.0 Å². The van der Waals surface area contributed by atoms with Gasteiger partial charge >= 0.3 is 6.18 Å². The Hall–Kier alpha value is -3.04. The van der Waals surface area contributed by atoms with E-state index in [2.05, 4.69) is 10.4 Å². The Morgan fingerprint density at radius 3 is 2.69 bits per heavy atom. The summed E-state index contributed by atoms with van der Waals surface area (Å²) in [5.41, 5.74) is -2.77. The van der Waals surface area contributed by atoms with Crippen molar-refractivity contribution in [2.24, 2.45) is 7.05 Å². The molecule has 0 saturated heterocycles. The Kier molecular flexibility index (Phi) is 5.21. The molecule has 1 heterocycles. The molecule has 1 aliphatic carbocycles. The molecular weight excluding hydrogens is 447 g/mol. The van der Waals surface area contributed by atoms with Gasteiger partial charge in [-0.2, -0.15) is 18.3 Å². The van der Waals surface area contributed by atoms with Crippen molar-refractivity contribution >= 4 is 33.6 Å². The lowest BCUT2D eigenvalue weighted by atomic mass is 9.73. The minimum atomic E-state index is -5.00. The normalized spacial score (nSPS) is 22.2. The number of anilines is 1. The molecule has 0 radical (unpaired) electrons. The predicted molar refractivity (Wildman–Crippen MR) is 116 cm³/mol. The zero-order valence-corrected chi connectivity index (χ0v) is 17.8. The highest BCUT2D eigenvalue weighted by atomic mass is 35.5. The minimum Gasteiger partial charge on any atom is -0.506 e. The van der Waals surface area contributed by atoms with E-state index in [4.69, 9.17) is 11.6 Å². The maximum Gasteiger partial charge on any atom is 0.419 e. The van der Waals surface area contributed by atoms with E-state index >= 15 is 0 Å². The van der Waals surface area contributed by atoms with E-state index in [9.17, 15) is 28.2 Å². The molecule has 2 aromatic carbocycles. The number of allylic oxidation sites excluding steroid dienone is 1. The van der Waals surface area contributed by atoms with Gasteiger partial charge in [-0.1, -0.05) is 23.7 Å². The van der Waals surface area contributed by atoms with Gasteiger partial charge in [0.2, 0.25) is 0 Å². The number of hydrogen-bond acceptors (Lipinski definition) is 5. The Labute approximate surface area is 185 Å². The molecule has 1 aliphatic rings. The summed E-state index contributed by atoms with van der Waals surface area (Å²) in [5, 5.41) is 28.2. The summed E-state index contributed by atoms with van der Waals surface area (Å²) in [6, 6.07) is 5.41. The average Bonchev–Trinajstić information content (AvgIpc) is 2.73. The number of aliphatic hydroxyl groups is 1. The number of fused-ring (bicyclic) bond motifs is 2. The van der Waals surface area contributed by atoms with Crippen LogP contribution in [0.4, 0.5) is 18.9 Å². The van der Waals surface area contributed by atoms with Gasteiger partial charge in [-0.25, -0.2) is 4.68 Å². The van der Waals surface area contributed by atoms with Crippen LogP contribution in [0.2, 0.25) is 5.02 Å². The highest BCUT2D eigenvalue weighted by Crippen LogP contribution is 2.53. The third kappa shape index (κ3) is 3.32. The summed E-state index contributed by atoms with van der Waals surface area (Å²) in [5.74, 6) is -0.279. The number of phenolic OH excluding ortho intramolecular Hbond substituents is 1. The summed E-state index contributed by atoms with van der Waals surface area (Å²) in [6.45, 7) is 1.56. The zero-order valence-electron chi connectivity index (χ0n) is 17.0. The van der Waals surface area contributed by atoms with Crippen molar-refractivity contribution in [1.29, 1.82) is 0 Å². The fraction of sp³-hybridized carbons (Fsp3) is 0.273. The summed E-state index contributed by atoms with van der Waals surface area (Å²) in [7, 11) is 1.47. The van der Waals surface area contributed by atoms with Gasteiger partial charge in [0, 0.05) is 24.5 Å². The van der Waals surface area contributed by atoms with Gasteiger partial charge in [0.15, 0.2) is 5.60 Å². The third-order valence-corrected chi connectivity index (χ3v) is 6.15. The highest BCUT2D eigenvalue weighted by molar-refractivity contribution is 6.32. The number of phenols is 1. The van der Waals surface area contributed by atoms with Gasteiger partial charge in [-0.15, -0.1) is 0 Å². The Balaban J connectivity index is 1.97. The van der Waals surface area contributed by atoms with Gasteiger partial charge in [0.05, 0.1) is 22.6 Å². The van der Waals surface area contributed by atoms with Crippen molar-refractivity contribution in [3.63, 3.8) is 0 Å². The van der Waals surface area contributed by atoms with Crippen LogP contribution in [0.5, 0.6) is 5.75 Å². The number of aromatic hydroxyl groups is 1. The van der Waals surface area contributed by atoms with Crippen molar-refractivity contribution in [2.45, 2.75) is 31.2 Å². The van der Waals surface area contributed by atoms with Gasteiger partial charge in [0.1, 0.15) is 5.75 Å². The average molecular weight is 466 g/mol. The topological polar surface area (TPSA) is 87.4 Å². The summed E-state index contributed by atoms with van der Waals surface area (Å²) in [4.78, 5) is 12.4. The first-order valence-electron chi connectivity index (χ1n) is 9.66. The maximum absolute atomic E-state index is 14.2. The molecule has 0 fully saturated rings. The first-order chi connectivity index (χ1) is 15.0. The van der Waals surface area contributed by atoms with Crippen LogP contribution in [-0.4, -0.2) is 31.8 Å². The van der Waals surface area contributed by atoms with Gasteiger partial charge in [-0.05, 0) is 47.9 Å². The molecule has 10 heteroatoms. The van der Waals surface area contributed by atoms with Crippen molar-refractivity contribution < 1.29 is 23.4 Å². The third-order valence-electron chi connectivity index (χ3n) is 5.84. The molecule has 4 rings (SSSR count). The number of aromatic nitrogens is 2. The van der Waals surface area contributed by atoms with Crippen molar-refractivity contribution in [2.75, 3.05) is 5.32 Å². The van der Waals surface area contributed by atoms with Crippen LogP contribution in [-0.2, 0) is 7.05 Å².